The van der Waals surface area contributed by atoms with Gasteiger partial charge < -0.3 is 0 Å². The molecule has 2 aromatic carbocycles. The number of amides is 1. The summed E-state index contributed by atoms with van der Waals surface area (Å²) in [6.45, 7) is 0. The predicted octanol–water partition coefficient (Wildman–Crippen LogP) is 1.31. The van der Waals surface area contributed by atoms with Crippen molar-refractivity contribution in [3.8, 4) is 0 Å². The predicted molar refractivity (Wildman–Crippen MR) is 70.3 cm³/mol. The van der Waals surface area contributed by atoms with Crippen LogP contribution in [0.1, 0.15) is 0 Å². The Morgan fingerprint density at radius 1 is 1.12 bits per heavy atom. The summed E-state index contributed by atoms with van der Waals surface area (Å²) in [5.41, 5.74) is 0.350. The summed E-state index contributed by atoms with van der Waals surface area (Å²) in [7, 11) is 0. The van der Waals surface area contributed by atoms with Crippen LogP contribution in [0, 0.1) is 0 Å². The molecule has 2 aromatic rings. The molecular weight excluding hydrogens is 230 g/mol. The molecule has 0 atom stereocenters. The van der Waals surface area contributed by atoms with E-state index in [1.165, 1.54) is 0 Å². The fourth-order valence-corrected chi connectivity index (χ4v) is 2.11. The first-order valence-corrected chi connectivity index (χ1v) is 5.58. The molecule has 0 saturated carbocycles. The molecule has 0 spiro atoms. The van der Waals surface area contributed by atoms with Gasteiger partial charge in [0.15, 0.2) is 0 Å². The van der Waals surface area contributed by atoms with Crippen LogP contribution in [-0.4, -0.2) is 10.9 Å². The molecule has 1 aliphatic heterocycles. The lowest BCUT2D eigenvalue weighted by atomic mass is 10.1. The zero-order valence-corrected chi connectivity index (χ0v) is 9.62. The summed E-state index contributed by atoms with van der Waals surface area (Å²) < 4.78 is 0. The van der Waals surface area contributed by atoms with Gasteiger partial charge in [-0.2, -0.15) is 0 Å². The first-order valence-electron chi connectivity index (χ1n) is 5.17. The topological polar surface area (TPSA) is 29.4 Å². The van der Waals surface area contributed by atoms with E-state index in [-0.39, 0.29) is 5.91 Å². The maximum absolute atomic E-state index is 11.7. The molecule has 80 valence electrons. The highest BCUT2D eigenvalue weighted by atomic mass is 32.1. The molecule has 0 N–H and O–H groups in total. The fraction of sp³-hybridized carbons (Fsp3) is 0. The van der Waals surface area contributed by atoms with E-state index in [2.05, 4.69) is 22.2 Å². The normalized spacial score (nSPS) is 13.6. The number of thiocarbonyl (C=S) groups is 1. The van der Waals surface area contributed by atoms with Crippen molar-refractivity contribution in [2.24, 2.45) is 4.99 Å². The first kappa shape index (κ1) is 10.1. The third-order valence-electron chi connectivity index (χ3n) is 2.79. The molecule has 2 nitrogen and oxygen atoms in total. The Bertz CT molecular complexity index is 814. The van der Waals surface area contributed by atoms with Crippen LogP contribution in [-0.2, 0) is 4.79 Å². The Morgan fingerprint density at radius 3 is 2.76 bits per heavy atom. The van der Waals surface area contributed by atoms with Crippen LogP contribution in [0.5, 0.6) is 0 Å². The minimum atomic E-state index is -0.316. The van der Waals surface area contributed by atoms with Gasteiger partial charge >= 0.3 is 0 Å². The average Bonchev–Trinajstić information content (AvgIpc) is 2.38. The maximum atomic E-state index is 11.7. The third-order valence-corrected chi connectivity index (χ3v) is 3.01. The lowest BCUT2D eigenvalue weighted by Crippen LogP contribution is -2.31. The minimum absolute atomic E-state index is 0.316. The number of carbonyl (C=O) groups is 1. The van der Waals surface area contributed by atoms with Gasteiger partial charge in [0.2, 0.25) is 0 Å². The number of rotatable bonds is 0. The van der Waals surface area contributed by atoms with Crippen LogP contribution in [0.2, 0.25) is 0 Å². The van der Waals surface area contributed by atoms with E-state index in [9.17, 15) is 4.79 Å². The largest absolute Gasteiger partial charge is 0.286 e. The van der Waals surface area contributed by atoms with Crippen molar-refractivity contribution in [3.05, 3.63) is 52.5 Å². The molecule has 1 heterocycles. The molecule has 0 fully saturated rings. The van der Waals surface area contributed by atoms with E-state index in [4.69, 9.17) is 0 Å². The Hall–Kier alpha value is -2.09. The molecule has 0 saturated heterocycles. The van der Waals surface area contributed by atoms with Crippen molar-refractivity contribution in [1.29, 1.82) is 0 Å². The molecule has 0 aliphatic carbocycles. The number of hydrogen-bond donors (Lipinski definition) is 0. The summed E-state index contributed by atoms with van der Waals surface area (Å²) in [4.78, 5) is 15.8. The van der Waals surface area contributed by atoms with Gasteiger partial charge in [-0.05, 0) is 28.7 Å². The van der Waals surface area contributed by atoms with Crippen LogP contribution in [0.15, 0.2) is 47.0 Å². The lowest BCUT2D eigenvalue weighted by molar-refractivity contribution is -0.114. The van der Waals surface area contributed by atoms with E-state index in [0.29, 0.717) is 5.57 Å². The summed E-state index contributed by atoms with van der Waals surface area (Å²) in [5, 5.41) is 6.14. The smallest absolute Gasteiger partial charge is 0.266 e. The maximum Gasteiger partial charge on any atom is 0.286 e. The highest BCUT2D eigenvalue weighted by molar-refractivity contribution is 7.78. The molecule has 1 amide bonds. The SMILES string of the molecule is O=C1N=c2c(ccc3ccccc23)=CC1=C=S. The van der Waals surface area contributed by atoms with Crippen LogP contribution < -0.4 is 10.6 Å². The Kier molecular flexibility index (Phi) is 2.22. The number of benzene rings is 2. The van der Waals surface area contributed by atoms with Gasteiger partial charge in [-0.25, -0.2) is 4.99 Å². The van der Waals surface area contributed by atoms with Gasteiger partial charge in [-0.1, -0.05) is 36.4 Å². The summed E-state index contributed by atoms with van der Waals surface area (Å²) >= 11 is 4.67. The van der Waals surface area contributed by atoms with Gasteiger partial charge in [0.25, 0.3) is 5.91 Å². The zero-order chi connectivity index (χ0) is 11.8. The average molecular weight is 237 g/mol. The molecule has 0 aromatic heterocycles. The van der Waals surface area contributed by atoms with Gasteiger partial charge in [-0.3, -0.25) is 4.79 Å². The molecular formula is C14H7NOS. The Balaban J connectivity index is 2.56. The van der Waals surface area contributed by atoms with Crippen LogP contribution >= 0.6 is 12.2 Å². The third kappa shape index (κ3) is 1.53. The Labute approximate surface area is 103 Å². The quantitative estimate of drug-likeness (QED) is 0.510. The second-order valence-electron chi connectivity index (χ2n) is 3.80. The molecule has 3 heteroatoms. The van der Waals surface area contributed by atoms with E-state index >= 15 is 0 Å². The highest BCUT2D eigenvalue weighted by Gasteiger charge is 2.11. The van der Waals surface area contributed by atoms with Gasteiger partial charge in [-0.15, -0.1) is 0 Å². The van der Waals surface area contributed by atoms with Crippen molar-refractivity contribution in [1.82, 2.24) is 0 Å². The fourth-order valence-electron chi connectivity index (χ4n) is 1.97. The van der Waals surface area contributed by atoms with Gasteiger partial charge in [0, 0.05) is 10.6 Å². The van der Waals surface area contributed by atoms with Crippen LogP contribution in [0.4, 0.5) is 0 Å². The van der Waals surface area contributed by atoms with Crippen molar-refractivity contribution in [2.45, 2.75) is 0 Å². The zero-order valence-electron chi connectivity index (χ0n) is 8.81. The molecule has 17 heavy (non-hydrogen) atoms. The van der Waals surface area contributed by atoms with Gasteiger partial charge in [0.05, 0.1) is 10.9 Å². The van der Waals surface area contributed by atoms with Crippen molar-refractivity contribution < 1.29 is 4.79 Å². The summed E-state index contributed by atoms with van der Waals surface area (Å²) in [5.74, 6) is -0.316. The number of nitrogens with zero attached hydrogens (tertiary/aromatic N) is 1. The lowest BCUT2D eigenvalue weighted by Gasteiger charge is -2.03. The highest BCUT2D eigenvalue weighted by Crippen LogP contribution is 2.08. The standard InChI is InChI=1S/C14H7NOS/c16-14-11(8-17)7-10-6-5-9-3-1-2-4-12(9)13(10)15-14/h1-7H. The van der Waals surface area contributed by atoms with E-state index in [1.54, 1.807) is 6.08 Å². The van der Waals surface area contributed by atoms with Crippen LogP contribution in [0.25, 0.3) is 16.8 Å². The molecule has 3 rings (SSSR count). The number of fused-ring (bicyclic) bond motifs is 3. The second kappa shape index (κ2) is 3.74. The number of carbonyl (C=O) groups excluding carboxylic acids is 1. The van der Waals surface area contributed by atoms with E-state index in [1.807, 2.05) is 36.4 Å². The molecule has 0 unspecified atom stereocenters. The molecule has 0 bridgehead atoms. The molecule has 0 radical (unpaired) electrons. The summed E-state index contributed by atoms with van der Waals surface area (Å²) in [6.07, 6.45) is 1.74. The van der Waals surface area contributed by atoms with E-state index in [0.717, 1.165) is 21.3 Å². The second-order valence-corrected chi connectivity index (χ2v) is 4.01. The van der Waals surface area contributed by atoms with Gasteiger partial charge in [0.1, 0.15) is 0 Å². The minimum Gasteiger partial charge on any atom is -0.266 e. The van der Waals surface area contributed by atoms with E-state index < -0.39 is 0 Å². The van der Waals surface area contributed by atoms with Crippen LogP contribution in [0.3, 0.4) is 0 Å². The monoisotopic (exact) mass is 237 g/mol. The van der Waals surface area contributed by atoms with Crippen molar-refractivity contribution >= 4 is 40.0 Å². The first-order chi connectivity index (χ1) is 8.29. The summed E-state index contributed by atoms with van der Waals surface area (Å²) in [6, 6.07) is 11.8. The molecule has 1 aliphatic rings. The Morgan fingerprint density at radius 2 is 1.94 bits per heavy atom. The number of hydrogen-bond acceptors (Lipinski definition) is 2. The van der Waals surface area contributed by atoms with Crippen molar-refractivity contribution in [2.75, 3.05) is 0 Å². The van der Waals surface area contributed by atoms with Crippen molar-refractivity contribution in [3.63, 3.8) is 0 Å².